The number of nitrogens with one attached hydrogen (secondary N) is 1. The highest BCUT2D eigenvalue weighted by atomic mass is 35.5. The molecule has 1 aromatic heterocycles. The molecule has 0 atom stereocenters. The van der Waals surface area contributed by atoms with Crippen molar-refractivity contribution in [3.63, 3.8) is 0 Å². The predicted molar refractivity (Wildman–Crippen MR) is 72.4 cm³/mol. The first-order valence-corrected chi connectivity index (χ1v) is 6.20. The second-order valence-electron chi connectivity index (χ2n) is 4.05. The Kier molecular flexibility index (Phi) is 4.51. The highest BCUT2D eigenvalue weighted by molar-refractivity contribution is 6.29. The standard InChI is InChI=1S/C13H9ClF3N3O2/c1-21-11(18)9-6-10(14)19-20-12(9)22-8-4-2-3-7(5-8)13(15,16)17/h2-6,18H,1H3. The summed E-state index contributed by atoms with van der Waals surface area (Å²) in [5.74, 6) is -0.592. The number of hydrogen-bond acceptors (Lipinski definition) is 5. The van der Waals surface area contributed by atoms with E-state index >= 15 is 0 Å². The Labute approximate surface area is 128 Å². The van der Waals surface area contributed by atoms with Crippen molar-refractivity contribution in [2.75, 3.05) is 7.11 Å². The second-order valence-corrected chi connectivity index (χ2v) is 4.43. The number of aromatic nitrogens is 2. The van der Waals surface area contributed by atoms with Gasteiger partial charge in [0, 0.05) is 0 Å². The summed E-state index contributed by atoms with van der Waals surface area (Å²) in [4.78, 5) is 0. The van der Waals surface area contributed by atoms with E-state index in [1.807, 2.05) is 0 Å². The van der Waals surface area contributed by atoms with Crippen LogP contribution in [-0.2, 0) is 10.9 Å². The molecule has 0 amide bonds. The maximum absolute atomic E-state index is 12.7. The van der Waals surface area contributed by atoms with E-state index in [2.05, 4.69) is 10.2 Å². The Morgan fingerprint density at radius 3 is 2.59 bits per heavy atom. The van der Waals surface area contributed by atoms with Crippen molar-refractivity contribution in [2.24, 2.45) is 0 Å². The molecule has 0 aliphatic heterocycles. The number of halogens is 4. The first-order chi connectivity index (χ1) is 10.3. The molecule has 0 bridgehead atoms. The molecule has 1 aromatic carbocycles. The van der Waals surface area contributed by atoms with Gasteiger partial charge in [-0.25, -0.2) is 0 Å². The zero-order valence-electron chi connectivity index (χ0n) is 11.1. The van der Waals surface area contributed by atoms with Gasteiger partial charge in [0.15, 0.2) is 5.15 Å². The lowest BCUT2D eigenvalue weighted by Gasteiger charge is -2.11. The molecule has 2 aromatic rings. The van der Waals surface area contributed by atoms with Gasteiger partial charge in [0.25, 0.3) is 5.88 Å². The summed E-state index contributed by atoms with van der Waals surface area (Å²) >= 11 is 5.68. The van der Waals surface area contributed by atoms with Crippen LogP contribution >= 0.6 is 11.6 Å². The fraction of sp³-hybridized carbons (Fsp3) is 0.154. The smallest absolute Gasteiger partial charge is 0.416 e. The molecule has 1 N–H and O–H groups in total. The zero-order chi connectivity index (χ0) is 16.3. The summed E-state index contributed by atoms with van der Waals surface area (Å²) in [5.41, 5.74) is -0.796. The molecule has 0 unspecified atom stereocenters. The SMILES string of the molecule is COC(=N)c1cc(Cl)nnc1Oc1cccc(C(F)(F)F)c1. The first-order valence-electron chi connectivity index (χ1n) is 5.82. The highest BCUT2D eigenvalue weighted by Gasteiger charge is 2.30. The van der Waals surface area contributed by atoms with Gasteiger partial charge in [-0.1, -0.05) is 17.7 Å². The fourth-order valence-electron chi connectivity index (χ4n) is 1.55. The van der Waals surface area contributed by atoms with Gasteiger partial charge in [-0.3, -0.25) is 5.41 Å². The van der Waals surface area contributed by atoms with Crippen LogP contribution in [0.4, 0.5) is 13.2 Å². The average Bonchev–Trinajstić information content (AvgIpc) is 2.47. The van der Waals surface area contributed by atoms with E-state index in [1.165, 1.54) is 25.3 Å². The molecule has 5 nitrogen and oxygen atoms in total. The van der Waals surface area contributed by atoms with Crippen molar-refractivity contribution < 1.29 is 22.6 Å². The summed E-state index contributed by atoms with van der Waals surface area (Å²) in [7, 11) is 1.25. The molecule has 9 heteroatoms. The van der Waals surface area contributed by atoms with E-state index in [0.717, 1.165) is 12.1 Å². The molecule has 0 radical (unpaired) electrons. The molecule has 0 aliphatic rings. The normalized spacial score (nSPS) is 11.1. The van der Waals surface area contributed by atoms with Crippen LogP contribution in [0.1, 0.15) is 11.1 Å². The lowest BCUT2D eigenvalue weighted by molar-refractivity contribution is -0.137. The molecule has 2 rings (SSSR count). The van der Waals surface area contributed by atoms with Crippen molar-refractivity contribution in [2.45, 2.75) is 6.18 Å². The Morgan fingerprint density at radius 1 is 1.23 bits per heavy atom. The monoisotopic (exact) mass is 331 g/mol. The van der Waals surface area contributed by atoms with Gasteiger partial charge in [-0.05, 0) is 24.3 Å². The van der Waals surface area contributed by atoms with E-state index in [0.29, 0.717) is 0 Å². The lowest BCUT2D eigenvalue weighted by atomic mass is 10.2. The molecule has 116 valence electrons. The molecule has 0 spiro atoms. The van der Waals surface area contributed by atoms with Gasteiger partial charge in [0.1, 0.15) is 11.3 Å². The molecule has 0 fully saturated rings. The first kappa shape index (κ1) is 16.0. The third-order valence-corrected chi connectivity index (χ3v) is 2.74. The van der Waals surface area contributed by atoms with Crippen molar-refractivity contribution in [3.8, 4) is 11.6 Å². The summed E-state index contributed by atoms with van der Waals surface area (Å²) in [5, 5.41) is 14.8. The highest BCUT2D eigenvalue weighted by Crippen LogP contribution is 2.33. The van der Waals surface area contributed by atoms with E-state index < -0.39 is 11.7 Å². The lowest BCUT2D eigenvalue weighted by Crippen LogP contribution is -2.07. The van der Waals surface area contributed by atoms with Crippen molar-refractivity contribution in [1.29, 1.82) is 5.41 Å². The van der Waals surface area contributed by atoms with Crippen LogP contribution in [0.3, 0.4) is 0 Å². The van der Waals surface area contributed by atoms with Gasteiger partial charge in [0.05, 0.1) is 12.7 Å². The summed E-state index contributed by atoms with van der Waals surface area (Å²) in [6.07, 6.45) is -4.49. The number of ether oxygens (including phenoxy) is 2. The zero-order valence-corrected chi connectivity index (χ0v) is 11.9. The molecular formula is C13H9ClF3N3O2. The van der Waals surface area contributed by atoms with Crippen molar-refractivity contribution >= 4 is 17.5 Å². The minimum absolute atomic E-state index is 0.00630. The van der Waals surface area contributed by atoms with E-state index in [9.17, 15) is 13.2 Å². The Balaban J connectivity index is 2.37. The minimum atomic E-state index is -4.49. The summed E-state index contributed by atoms with van der Waals surface area (Å²) in [6.45, 7) is 0. The maximum Gasteiger partial charge on any atom is 0.416 e. The van der Waals surface area contributed by atoms with Crippen LogP contribution in [0, 0.1) is 5.41 Å². The second kappa shape index (κ2) is 6.18. The minimum Gasteiger partial charge on any atom is -0.481 e. The van der Waals surface area contributed by atoms with Crippen LogP contribution < -0.4 is 4.74 Å². The largest absolute Gasteiger partial charge is 0.481 e. The van der Waals surface area contributed by atoms with Gasteiger partial charge in [-0.15, -0.1) is 10.2 Å². The Hall–Kier alpha value is -2.35. The van der Waals surface area contributed by atoms with Gasteiger partial charge in [-0.2, -0.15) is 13.2 Å². The molecule has 0 aliphatic carbocycles. The number of benzene rings is 1. The Bertz CT molecular complexity index is 707. The van der Waals surface area contributed by atoms with Crippen molar-refractivity contribution in [3.05, 3.63) is 46.6 Å². The van der Waals surface area contributed by atoms with Gasteiger partial charge in [0.2, 0.25) is 5.90 Å². The van der Waals surface area contributed by atoms with Crippen LogP contribution in [0.2, 0.25) is 5.15 Å². The quantitative estimate of drug-likeness (QED) is 0.684. The summed E-state index contributed by atoms with van der Waals surface area (Å²) in [6, 6.07) is 5.52. The third kappa shape index (κ3) is 3.64. The molecule has 1 heterocycles. The predicted octanol–water partition coefficient (Wildman–Crippen LogP) is 3.91. The molecule has 0 saturated carbocycles. The number of rotatable bonds is 3. The number of alkyl halides is 3. The van der Waals surface area contributed by atoms with Gasteiger partial charge < -0.3 is 9.47 Å². The number of hydrogen-bond donors (Lipinski definition) is 1. The Morgan fingerprint density at radius 2 is 1.95 bits per heavy atom. The maximum atomic E-state index is 12.7. The van der Waals surface area contributed by atoms with Crippen LogP contribution in [0.25, 0.3) is 0 Å². The topological polar surface area (TPSA) is 68.1 Å². The van der Waals surface area contributed by atoms with Crippen LogP contribution in [-0.4, -0.2) is 23.2 Å². The molecule has 0 saturated heterocycles. The van der Waals surface area contributed by atoms with E-state index in [1.54, 1.807) is 0 Å². The number of nitrogens with zero attached hydrogens (tertiary/aromatic N) is 2. The van der Waals surface area contributed by atoms with Gasteiger partial charge >= 0.3 is 6.18 Å². The third-order valence-electron chi connectivity index (χ3n) is 2.55. The van der Waals surface area contributed by atoms with Crippen LogP contribution in [0.15, 0.2) is 30.3 Å². The molecular weight excluding hydrogens is 323 g/mol. The number of methoxy groups -OCH3 is 1. The van der Waals surface area contributed by atoms with E-state index in [4.69, 9.17) is 26.5 Å². The molecule has 22 heavy (non-hydrogen) atoms. The fourth-order valence-corrected chi connectivity index (χ4v) is 1.70. The van der Waals surface area contributed by atoms with Crippen molar-refractivity contribution in [1.82, 2.24) is 10.2 Å². The van der Waals surface area contributed by atoms with E-state index in [-0.39, 0.29) is 28.2 Å². The summed E-state index contributed by atoms with van der Waals surface area (Å²) < 4.78 is 48.0. The van der Waals surface area contributed by atoms with Crippen LogP contribution in [0.5, 0.6) is 11.6 Å². The average molecular weight is 332 g/mol.